The van der Waals surface area contributed by atoms with Gasteiger partial charge in [0.15, 0.2) is 5.60 Å². The molecule has 3 aromatic rings. The topological polar surface area (TPSA) is 135 Å². The molecule has 0 spiro atoms. The first kappa shape index (κ1) is 42.4. The second kappa shape index (κ2) is 18.0. The standard InChI is InChI=1S/C41H48ClFN4O8S/c1-6-20-47(32-16-14-31(43)15-17-32)56(51,52)36-25-30(13-18-34(36)42)37(48)44-35-26-45(21-19-33(35)29-11-9-8-10-12-29)38(49)41(28-53-23-7-2)27-46(22-24-54-41)39(50)55-40(3,4)5/h6-18,25,33,35H,1-2,19-24,26-28H2,3-5H3,(H,44,48)/t33-,35-,41?/m1/s1. The summed E-state index contributed by atoms with van der Waals surface area (Å²) < 4.78 is 60.4. The van der Waals surface area contributed by atoms with Crippen molar-refractivity contribution in [1.29, 1.82) is 0 Å². The fourth-order valence-corrected chi connectivity index (χ4v) is 8.74. The molecule has 56 heavy (non-hydrogen) atoms. The smallest absolute Gasteiger partial charge is 0.410 e. The molecular formula is C41H48ClFN4O8S. The van der Waals surface area contributed by atoms with Gasteiger partial charge >= 0.3 is 6.09 Å². The summed E-state index contributed by atoms with van der Waals surface area (Å²) in [6, 6.07) is 17.8. The Morgan fingerprint density at radius 1 is 1.04 bits per heavy atom. The zero-order valence-electron chi connectivity index (χ0n) is 31.8. The van der Waals surface area contributed by atoms with Crippen molar-refractivity contribution in [2.45, 2.75) is 55.2 Å². The number of ether oxygens (including phenoxy) is 3. The molecule has 3 aromatic carbocycles. The zero-order valence-corrected chi connectivity index (χ0v) is 33.4. The van der Waals surface area contributed by atoms with Crippen molar-refractivity contribution in [3.05, 3.63) is 120 Å². The number of morpholine rings is 1. The third-order valence-electron chi connectivity index (χ3n) is 9.41. The van der Waals surface area contributed by atoms with E-state index in [1.807, 2.05) is 30.3 Å². The first-order valence-electron chi connectivity index (χ1n) is 18.2. The van der Waals surface area contributed by atoms with Crippen molar-refractivity contribution in [1.82, 2.24) is 15.1 Å². The number of amides is 3. The van der Waals surface area contributed by atoms with Crippen LogP contribution in [0.4, 0.5) is 14.9 Å². The maximum atomic E-state index is 14.6. The van der Waals surface area contributed by atoms with Crippen LogP contribution in [-0.4, -0.2) is 106 Å². The highest BCUT2D eigenvalue weighted by atomic mass is 35.5. The highest BCUT2D eigenvalue weighted by Crippen LogP contribution is 2.33. The molecule has 300 valence electrons. The molecule has 2 aliphatic heterocycles. The second-order valence-electron chi connectivity index (χ2n) is 14.6. The Hall–Kier alpha value is -4.76. The van der Waals surface area contributed by atoms with Gasteiger partial charge in [-0.15, -0.1) is 13.2 Å². The second-order valence-corrected chi connectivity index (χ2v) is 16.9. The van der Waals surface area contributed by atoms with Crippen molar-refractivity contribution in [2.24, 2.45) is 0 Å². The van der Waals surface area contributed by atoms with Crippen LogP contribution in [0.5, 0.6) is 0 Å². The normalized spacial score (nSPS) is 20.2. The number of piperidine rings is 1. The lowest BCUT2D eigenvalue weighted by molar-refractivity contribution is -0.181. The van der Waals surface area contributed by atoms with E-state index in [1.54, 1.807) is 31.7 Å². The molecule has 2 aliphatic rings. The average Bonchev–Trinajstić information content (AvgIpc) is 3.17. The minimum atomic E-state index is -4.37. The number of sulfonamides is 1. The zero-order chi connectivity index (χ0) is 40.7. The molecule has 5 rings (SSSR count). The van der Waals surface area contributed by atoms with Gasteiger partial charge in [0.05, 0.1) is 49.7 Å². The fraction of sp³-hybridized carbons (Fsp3) is 0.390. The number of halogens is 2. The van der Waals surface area contributed by atoms with Crippen LogP contribution in [0.15, 0.2) is 103 Å². The largest absolute Gasteiger partial charge is 0.444 e. The van der Waals surface area contributed by atoms with Gasteiger partial charge in [0, 0.05) is 31.1 Å². The Morgan fingerprint density at radius 3 is 2.41 bits per heavy atom. The van der Waals surface area contributed by atoms with Crippen LogP contribution < -0.4 is 9.62 Å². The molecule has 0 saturated carbocycles. The van der Waals surface area contributed by atoms with Crippen molar-refractivity contribution < 1.29 is 41.4 Å². The summed E-state index contributed by atoms with van der Waals surface area (Å²) >= 11 is 6.46. The fourth-order valence-electron chi connectivity index (χ4n) is 6.80. The number of carbonyl (C=O) groups is 3. The molecule has 0 aliphatic carbocycles. The summed E-state index contributed by atoms with van der Waals surface area (Å²) in [5.41, 5.74) is -1.18. The number of anilines is 1. The van der Waals surface area contributed by atoms with Crippen molar-refractivity contribution in [2.75, 3.05) is 56.8 Å². The number of nitrogens with one attached hydrogen (secondary N) is 1. The third kappa shape index (κ3) is 9.96. The summed E-state index contributed by atoms with van der Waals surface area (Å²) in [4.78, 5) is 44.6. The number of carbonyl (C=O) groups excluding carboxylic acids is 3. The highest BCUT2D eigenvalue weighted by Gasteiger charge is 2.50. The lowest BCUT2D eigenvalue weighted by Gasteiger charge is -2.46. The van der Waals surface area contributed by atoms with Crippen LogP contribution in [0, 0.1) is 5.82 Å². The Kier molecular flexibility index (Phi) is 13.6. The van der Waals surface area contributed by atoms with E-state index in [2.05, 4.69) is 18.5 Å². The van der Waals surface area contributed by atoms with Gasteiger partial charge in [-0.05, 0) is 75.2 Å². The van der Waals surface area contributed by atoms with Gasteiger partial charge in [-0.1, -0.05) is 54.1 Å². The van der Waals surface area contributed by atoms with E-state index in [0.29, 0.717) is 13.0 Å². The predicted molar refractivity (Wildman–Crippen MR) is 212 cm³/mol. The van der Waals surface area contributed by atoms with Gasteiger partial charge in [0.2, 0.25) is 0 Å². The predicted octanol–water partition coefficient (Wildman–Crippen LogP) is 6.18. The minimum absolute atomic E-state index is 0.0128. The Balaban J connectivity index is 1.44. The van der Waals surface area contributed by atoms with E-state index in [9.17, 15) is 27.2 Å². The molecular weight excluding hydrogens is 763 g/mol. The Labute approximate surface area is 332 Å². The summed E-state index contributed by atoms with van der Waals surface area (Å²) in [6.45, 7) is 13.0. The van der Waals surface area contributed by atoms with Crippen LogP contribution in [0.25, 0.3) is 0 Å². The molecule has 0 bridgehead atoms. The van der Waals surface area contributed by atoms with Crippen LogP contribution >= 0.6 is 11.6 Å². The van der Waals surface area contributed by atoms with E-state index in [0.717, 1.165) is 22.0 Å². The van der Waals surface area contributed by atoms with Gasteiger partial charge in [-0.3, -0.25) is 13.9 Å². The van der Waals surface area contributed by atoms with Crippen molar-refractivity contribution in [3.8, 4) is 0 Å². The van der Waals surface area contributed by atoms with Crippen LogP contribution in [0.3, 0.4) is 0 Å². The number of benzene rings is 3. The minimum Gasteiger partial charge on any atom is -0.444 e. The van der Waals surface area contributed by atoms with Gasteiger partial charge in [-0.2, -0.15) is 0 Å². The number of rotatable bonds is 13. The van der Waals surface area contributed by atoms with E-state index in [1.165, 1.54) is 41.3 Å². The maximum absolute atomic E-state index is 14.6. The summed E-state index contributed by atoms with van der Waals surface area (Å²) in [5, 5.41) is 2.95. The third-order valence-corrected chi connectivity index (χ3v) is 11.7. The maximum Gasteiger partial charge on any atom is 0.410 e. The first-order valence-corrected chi connectivity index (χ1v) is 20.0. The summed E-state index contributed by atoms with van der Waals surface area (Å²) in [6.07, 6.45) is 2.82. The number of hydrogen-bond acceptors (Lipinski definition) is 8. The Morgan fingerprint density at radius 2 is 1.75 bits per heavy atom. The van der Waals surface area contributed by atoms with Crippen molar-refractivity contribution >= 4 is 45.2 Å². The monoisotopic (exact) mass is 810 g/mol. The number of likely N-dealkylation sites (tertiary alicyclic amines) is 1. The SMILES string of the molecule is C=CCOCC1(C(=O)N2CC[C@H](c3ccccc3)[C@H](NC(=O)c3ccc(Cl)c(S(=O)(=O)N(CC=C)c4ccc(F)cc4)c3)C2)CN(C(=O)OC(C)(C)C)CCO1. The molecule has 1 N–H and O–H groups in total. The van der Waals surface area contributed by atoms with Gasteiger partial charge in [0.1, 0.15) is 16.3 Å². The first-order chi connectivity index (χ1) is 26.6. The molecule has 2 fully saturated rings. The van der Waals surface area contributed by atoms with Crippen molar-refractivity contribution in [3.63, 3.8) is 0 Å². The van der Waals surface area contributed by atoms with Crippen LogP contribution in [0.1, 0.15) is 49.0 Å². The molecule has 3 atom stereocenters. The molecule has 2 heterocycles. The molecule has 2 saturated heterocycles. The average molecular weight is 811 g/mol. The van der Waals surface area contributed by atoms with E-state index < -0.39 is 51.0 Å². The van der Waals surface area contributed by atoms with Gasteiger partial charge in [0.25, 0.3) is 21.8 Å². The molecule has 15 heteroatoms. The molecule has 0 radical (unpaired) electrons. The van der Waals surface area contributed by atoms with E-state index in [4.69, 9.17) is 25.8 Å². The van der Waals surface area contributed by atoms with Crippen LogP contribution in [0.2, 0.25) is 5.02 Å². The lowest BCUT2D eigenvalue weighted by Crippen LogP contribution is -2.66. The van der Waals surface area contributed by atoms with E-state index >= 15 is 0 Å². The van der Waals surface area contributed by atoms with Crippen LogP contribution in [-0.2, 0) is 29.0 Å². The molecule has 0 aromatic heterocycles. The van der Waals surface area contributed by atoms with E-state index in [-0.39, 0.29) is 73.1 Å². The summed E-state index contributed by atoms with van der Waals surface area (Å²) in [5.74, 6) is -1.77. The van der Waals surface area contributed by atoms with Gasteiger partial charge < -0.3 is 29.3 Å². The van der Waals surface area contributed by atoms with Gasteiger partial charge in [-0.25, -0.2) is 17.6 Å². The molecule has 12 nitrogen and oxygen atoms in total. The quantitative estimate of drug-likeness (QED) is 0.160. The number of nitrogens with zero attached hydrogens (tertiary/aromatic N) is 3. The highest BCUT2D eigenvalue weighted by molar-refractivity contribution is 7.93. The Bertz CT molecular complexity index is 2010. The lowest BCUT2D eigenvalue weighted by atomic mass is 9.84. The molecule has 1 unspecified atom stereocenters. The number of hydrogen-bond donors (Lipinski definition) is 1. The summed E-state index contributed by atoms with van der Waals surface area (Å²) in [7, 11) is -4.37. The molecule has 3 amide bonds.